The maximum absolute atomic E-state index is 12.8. The summed E-state index contributed by atoms with van der Waals surface area (Å²) in [6, 6.07) is 6.34. The molecule has 0 saturated carbocycles. The van der Waals surface area contributed by atoms with E-state index in [2.05, 4.69) is 6.92 Å². The second-order valence-corrected chi connectivity index (χ2v) is 10.2. The summed E-state index contributed by atoms with van der Waals surface area (Å²) in [6.07, 6.45) is 13.5. The molecule has 1 aromatic rings. The molecule has 0 unspecified atom stereocenters. The molecule has 1 saturated heterocycles. The zero-order valence-electron chi connectivity index (χ0n) is 17.9. The molecular weight excluding hydrogens is 386 g/mol. The van der Waals surface area contributed by atoms with Crippen molar-refractivity contribution in [2.75, 3.05) is 6.54 Å². The number of sulfonamides is 1. The van der Waals surface area contributed by atoms with Crippen LogP contribution >= 0.6 is 0 Å². The first-order valence-corrected chi connectivity index (χ1v) is 12.9. The standard InChI is InChI=1S/C23H39NO4S/c1-2-3-4-5-6-7-8-9-10-11-13-20-15-17-21(18-16-20)29(27,28)24-19-12-14-22(24)23(25)26/h15-18,22-23,25-26H,2-14,19H2,1H3/t22-/m1/s1. The summed E-state index contributed by atoms with van der Waals surface area (Å²) in [5.41, 5.74) is 1.16. The number of aliphatic hydroxyl groups excluding tert-OH is 1. The van der Waals surface area contributed by atoms with Crippen molar-refractivity contribution in [3.8, 4) is 0 Å². The van der Waals surface area contributed by atoms with Gasteiger partial charge in [-0.2, -0.15) is 4.31 Å². The summed E-state index contributed by atoms with van der Waals surface area (Å²) in [7, 11) is -3.68. The molecule has 1 aromatic carbocycles. The fourth-order valence-corrected chi connectivity index (χ4v) is 5.83. The molecule has 0 spiro atoms. The van der Waals surface area contributed by atoms with Crippen molar-refractivity contribution in [1.82, 2.24) is 4.31 Å². The summed E-state index contributed by atoms with van der Waals surface area (Å²) in [4.78, 5) is 0.233. The van der Waals surface area contributed by atoms with Crippen LogP contribution in [0.3, 0.4) is 0 Å². The van der Waals surface area contributed by atoms with Gasteiger partial charge in [0, 0.05) is 6.54 Å². The molecule has 2 rings (SSSR count). The largest absolute Gasteiger partial charge is 0.367 e. The van der Waals surface area contributed by atoms with E-state index >= 15 is 0 Å². The van der Waals surface area contributed by atoms with Crippen LogP contribution in [0.1, 0.15) is 89.5 Å². The minimum absolute atomic E-state index is 0.233. The molecule has 1 atom stereocenters. The van der Waals surface area contributed by atoms with Crippen molar-refractivity contribution in [2.45, 2.75) is 108 Å². The van der Waals surface area contributed by atoms with Crippen LogP contribution in [0, 0.1) is 0 Å². The third-order valence-corrected chi connectivity index (χ3v) is 7.88. The Labute approximate surface area is 177 Å². The highest BCUT2D eigenvalue weighted by Gasteiger charge is 2.38. The lowest BCUT2D eigenvalue weighted by atomic mass is 10.0. The highest BCUT2D eigenvalue weighted by Crippen LogP contribution is 2.27. The smallest absolute Gasteiger partial charge is 0.243 e. The second-order valence-electron chi connectivity index (χ2n) is 8.31. The van der Waals surface area contributed by atoms with Crippen LogP contribution in [-0.2, 0) is 16.4 Å². The second kappa shape index (κ2) is 12.7. The van der Waals surface area contributed by atoms with E-state index in [1.54, 1.807) is 12.1 Å². The first kappa shape index (κ1) is 24.3. The Morgan fingerprint density at radius 1 is 0.931 bits per heavy atom. The lowest BCUT2D eigenvalue weighted by Crippen LogP contribution is -2.42. The maximum Gasteiger partial charge on any atom is 0.243 e. The molecule has 29 heavy (non-hydrogen) atoms. The topological polar surface area (TPSA) is 77.8 Å². The van der Waals surface area contributed by atoms with Gasteiger partial charge < -0.3 is 10.2 Å². The predicted molar refractivity (Wildman–Crippen MR) is 117 cm³/mol. The minimum Gasteiger partial charge on any atom is -0.367 e. The van der Waals surface area contributed by atoms with Crippen LogP contribution in [-0.4, -0.2) is 41.8 Å². The van der Waals surface area contributed by atoms with Crippen molar-refractivity contribution in [1.29, 1.82) is 0 Å². The number of aliphatic hydroxyl groups is 2. The van der Waals surface area contributed by atoms with Gasteiger partial charge in [-0.3, -0.25) is 0 Å². The molecular formula is C23H39NO4S. The van der Waals surface area contributed by atoms with Crippen molar-refractivity contribution in [3.05, 3.63) is 29.8 Å². The monoisotopic (exact) mass is 425 g/mol. The van der Waals surface area contributed by atoms with Gasteiger partial charge in [-0.1, -0.05) is 76.8 Å². The Balaban J connectivity index is 1.71. The van der Waals surface area contributed by atoms with Crippen LogP contribution in [0.4, 0.5) is 0 Å². The average Bonchev–Trinajstić information content (AvgIpc) is 3.21. The van der Waals surface area contributed by atoms with Crippen molar-refractivity contribution in [3.63, 3.8) is 0 Å². The third-order valence-electron chi connectivity index (χ3n) is 5.94. The van der Waals surface area contributed by atoms with Gasteiger partial charge in [-0.25, -0.2) is 8.42 Å². The normalized spacial score (nSPS) is 18.0. The zero-order chi connectivity index (χ0) is 21.1. The molecule has 1 heterocycles. The highest BCUT2D eigenvalue weighted by atomic mass is 32.2. The maximum atomic E-state index is 12.8. The van der Waals surface area contributed by atoms with Gasteiger partial charge in [0.1, 0.15) is 0 Å². The van der Waals surface area contributed by atoms with E-state index in [9.17, 15) is 18.6 Å². The molecule has 1 aliphatic heterocycles. The molecule has 0 aliphatic carbocycles. The van der Waals surface area contributed by atoms with Crippen LogP contribution in [0.2, 0.25) is 0 Å². The third kappa shape index (κ3) is 7.67. The Morgan fingerprint density at radius 2 is 1.48 bits per heavy atom. The lowest BCUT2D eigenvalue weighted by molar-refractivity contribution is -0.0768. The fraction of sp³-hybridized carbons (Fsp3) is 0.739. The van der Waals surface area contributed by atoms with Crippen LogP contribution in [0.5, 0.6) is 0 Å². The minimum atomic E-state index is -3.68. The van der Waals surface area contributed by atoms with E-state index < -0.39 is 22.4 Å². The number of unbranched alkanes of at least 4 members (excludes halogenated alkanes) is 9. The van der Waals surface area contributed by atoms with Crippen molar-refractivity contribution < 1.29 is 18.6 Å². The Hall–Kier alpha value is -0.950. The van der Waals surface area contributed by atoms with Crippen LogP contribution in [0.25, 0.3) is 0 Å². The summed E-state index contributed by atoms with van der Waals surface area (Å²) in [5.74, 6) is 0. The molecule has 2 N–H and O–H groups in total. The van der Waals surface area contributed by atoms with Crippen molar-refractivity contribution >= 4 is 10.0 Å². The number of benzene rings is 1. The summed E-state index contributed by atoms with van der Waals surface area (Å²) in [5, 5.41) is 18.9. The van der Waals surface area contributed by atoms with Crippen LogP contribution in [0.15, 0.2) is 29.2 Å². The first-order valence-electron chi connectivity index (χ1n) is 11.4. The molecule has 6 heteroatoms. The number of hydrogen-bond donors (Lipinski definition) is 2. The van der Waals surface area contributed by atoms with Gasteiger partial charge in [-0.15, -0.1) is 0 Å². The van der Waals surface area contributed by atoms with Crippen molar-refractivity contribution in [2.24, 2.45) is 0 Å². The van der Waals surface area contributed by atoms with Gasteiger partial charge >= 0.3 is 0 Å². The van der Waals surface area contributed by atoms with E-state index in [-0.39, 0.29) is 4.90 Å². The van der Waals surface area contributed by atoms with Gasteiger partial charge in [0.2, 0.25) is 10.0 Å². The quantitative estimate of drug-likeness (QED) is 0.337. The van der Waals surface area contributed by atoms with Gasteiger partial charge in [0.15, 0.2) is 6.29 Å². The Bertz CT molecular complexity index is 673. The summed E-state index contributed by atoms with van der Waals surface area (Å²) in [6.45, 7) is 2.59. The van der Waals surface area contributed by atoms with E-state index in [1.165, 1.54) is 62.1 Å². The molecule has 166 valence electrons. The molecule has 1 aliphatic rings. The lowest BCUT2D eigenvalue weighted by Gasteiger charge is -2.25. The first-order chi connectivity index (χ1) is 14.0. The summed E-state index contributed by atoms with van der Waals surface area (Å²) < 4.78 is 26.8. The van der Waals surface area contributed by atoms with E-state index in [4.69, 9.17) is 0 Å². The van der Waals surface area contributed by atoms with Crippen LogP contribution < -0.4 is 0 Å². The number of aryl methyl sites for hydroxylation is 1. The number of rotatable bonds is 14. The molecule has 5 nitrogen and oxygen atoms in total. The van der Waals surface area contributed by atoms with Gasteiger partial charge in [0.05, 0.1) is 10.9 Å². The van der Waals surface area contributed by atoms with E-state index in [0.717, 1.165) is 18.4 Å². The number of hydrogen-bond acceptors (Lipinski definition) is 4. The summed E-state index contributed by atoms with van der Waals surface area (Å²) >= 11 is 0. The predicted octanol–water partition coefficient (Wildman–Crippen LogP) is 4.61. The SMILES string of the molecule is CCCCCCCCCCCCc1ccc(S(=O)(=O)N2CCC[C@@H]2C(O)O)cc1. The Morgan fingerprint density at radius 3 is 2.03 bits per heavy atom. The van der Waals surface area contributed by atoms with Gasteiger partial charge in [-0.05, 0) is 43.4 Å². The average molecular weight is 426 g/mol. The van der Waals surface area contributed by atoms with Gasteiger partial charge in [0.25, 0.3) is 0 Å². The fourth-order valence-electron chi connectivity index (χ4n) is 4.14. The molecule has 0 amide bonds. The molecule has 1 fully saturated rings. The highest BCUT2D eigenvalue weighted by molar-refractivity contribution is 7.89. The zero-order valence-corrected chi connectivity index (χ0v) is 18.7. The van der Waals surface area contributed by atoms with E-state index in [0.29, 0.717) is 19.4 Å². The molecule has 0 radical (unpaired) electrons. The molecule has 0 bridgehead atoms. The Kier molecular flexibility index (Phi) is 10.6. The number of nitrogens with zero attached hydrogens (tertiary/aromatic N) is 1. The van der Waals surface area contributed by atoms with E-state index in [1.807, 2.05) is 12.1 Å². The molecule has 0 aromatic heterocycles.